The zero-order valence-corrected chi connectivity index (χ0v) is 12.8. The molecule has 0 aromatic heterocycles. The molecule has 2 rings (SSSR count). The smallest absolute Gasteiger partial charge is 0.311 e. The van der Waals surface area contributed by atoms with Crippen LogP contribution in [0.1, 0.15) is 28.4 Å². The average molecular weight is 312 g/mol. The molecule has 0 saturated heterocycles. The maximum Gasteiger partial charge on any atom is 0.311 e. The minimum atomic E-state index is -0.942. The minimum Gasteiger partial charge on any atom is -0.483 e. The maximum atomic E-state index is 11.1. The van der Waals surface area contributed by atoms with Gasteiger partial charge in [0.05, 0.1) is 16.6 Å². The topological polar surface area (TPSA) is 96.4 Å². The Kier molecular flexibility index (Phi) is 4.94. The first-order chi connectivity index (χ1) is 10.9. The van der Waals surface area contributed by atoms with Crippen LogP contribution in [0.3, 0.4) is 0 Å². The number of hydrogen-bond acceptors (Lipinski definition) is 5. The van der Waals surface area contributed by atoms with Crippen molar-refractivity contribution in [2.45, 2.75) is 20.0 Å². The van der Waals surface area contributed by atoms with E-state index in [4.69, 9.17) is 10.00 Å². The fraction of sp³-hybridized carbons (Fsp3) is 0.235. The lowest BCUT2D eigenvalue weighted by Crippen LogP contribution is -2.11. The summed E-state index contributed by atoms with van der Waals surface area (Å²) in [5.41, 5.74) is 2.37. The standard InChI is InChI=1S/C17H16N2O4/c1-11-7-12(2)17(15(8-11)19(21)22)23-10-16(20)14-5-3-13(9-18)4-6-14/h3-8,16,20H,10H2,1-2H3. The van der Waals surface area contributed by atoms with Crippen LogP contribution < -0.4 is 4.74 Å². The lowest BCUT2D eigenvalue weighted by molar-refractivity contribution is -0.386. The Labute approximate surface area is 133 Å². The number of aliphatic hydroxyl groups is 1. The van der Waals surface area contributed by atoms with Crippen LogP contribution in [-0.2, 0) is 0 Å². The van der Waals surface area contributed by atoms with Gasteiger partial charge in [0.25, 0.3) is 0 Å². The number of nitrogens with zero attached hydrogens (tertiary/aromatic N) is 2. The molecule has 0 aliphatic heterocycles. The molecule has 0 amide bonds. The second-order valence-electron chi connectivity index (χ2n) is 5.25. The highest BCUT2D eigenvalue weighted by atomic mass is 16.6. The summed E-state index contributed by atoms with van der Waals surface area (Å²) in [6, 6.07) is 11.7. The highest BCUT2D eigenvalue weighted by molar-refractivity contribution is 5.53. The molecule has 0 aliphatic rings. The third-order valence-corrected chi connectivity index (χ3v) is 3.41. The van der Waals surface area contributed by atoms with Gasteiger partial charge < -0.3 is 9.84 Å². The molecule has 0 bridgehead atoms. The van der Waals surface area contributed by atoms with E-state index in [1.54, 1.807) is 44.2 Å². The van der Waals surface area contributed by atoms with Crippen molar-refractivity contribution < 1.29 is 14.8 Å². The summed E-state index contributed by atoms with van der Waals surface area (Å²) in [6.45, 7) is 3.38. The van der Waals surface area contributed by atoms with E-state index < -0.39 is 11.0 Å². The number of nitro groups is 1. The van der Waals surface area contributed by atoms with Crippen LogP contribution in [0.15, 0.2) is 36.4 Å². The predicted molar refractivity (Wildman–Crippen MR) is 84.2 cm³/mol. The summed E-state index contributed by atoms with van der Waals surface area (Å²) in [6.07, 6.45) is -0.942. The molecular weight excluding hydrogens is 296 g/mol. The van der Waals surface area contributed by atoms with Gasteiger partial charge in [-0.2, -0.15) is 5.26 Å². The third kappa shape index (κ3) is 3.84. The summed E-state index contributed by atoms with van der Waals surface area (Å²) in [5, 5.41) is 30.0. The lowest BCUT2D eigenvalue weighted by Gasteiger charge is -2.14. The Balaban J connectivity index is 2.17. The average Bonchev–Trinajstić information content (AvgIpc) is 2.53. The van der Waals surface area contributed by atoms with Gasteiger partial charge >= 0.3 is 5.69 Å². The molecule has 1 N–H and O–H groups in total. The van der Waals surface area contributed by atoms with Crippen LogP contribution in [0, 0.1) is 35.3 Å². The fourth-order valence-corrected chi connectivity index (χ4v) is 2.29. The fourth-order valence-electron chi connectivity index (χ4n) is 2.29. The number of benzene rings is 2. The van der Waals surface area contributed by atoms with Gasteiger partial charge in [-0.25, -0.2) is 0 Å². The van der Waals surface area contributed by atoms with Crippen LogP contribution in [-0.4, -0.2) is 16.6 Å². The van der Waals surface area contributed by atoms with E-state index in [1.165, 1.54) is 6.07 Å². The summed E-state index contributed by atoms with van der Waals surface area (Å²) >= 11 is 0. The number of nitriles is 1. The van der Waals surface area contributed by atoms with Crippen LogP contribution >= 0.6 is 0 Å². The first-order valence-corrected chi connectivity index (χ1v) is 6.99. The van der Waals surface area contributed by atoms with Crippen molar-refractivity contribution in [1.29, 1.82) is 5.26 Å². The number of rotatable bonds is 5. The number of nitro benzene ring substituents is 1. The summed E-state index contributed by atoms with van der Waals surface area (Å²) in [4.78, 5) is 10.6. The molecule has 1 unspecified atom stereocenters. The van der Waals surface area contributed by atoms with Crippen LogP contribution in [0.2, 0.25) is 0 Å². The van der Waals surface area contributed by atoms with Gasteiger partial charge in [0.15, 0.2) is 5.75 Å². The van der Waals surface area contributed by atoms with E-state index in [2.05, 4.69) is 0 Å². The van der Waals surface area contributed by atoms with Gasteiger partial charge in [-0.15, -0.1) is 0 Å². The van der Waals surface area contributed by atoms with Crippen molar-refractivity contribution in [3.05, 3.63) is 68.8 Å². The van der Waals surface area contributed by atoms with E-state index in [0.29, 0.717) is 16.7 Å². The molecule has 0 heterocycles. The Morgan fingerprint density at radius 2 is 1.96 bits per heavy atom. The number of hydrogen-bond donors (Lipinski definition) is 1. The predicted octanol–water partition coefficient (Wildman–Crippen LogP) is 3.20. The molecule has 0 spiro atoms. The second-order valence-corrected chi connectivity index (χ2v) is 5.25. The summed E-state index contributed by atoms with van der Waals surface area (Å²) < 4.78 is 5.50. The molecule has 6 nitrogen and oxygen atoms in total. The van der Waals surface area contributed by atoms with E-state index >= 15 is 0 Å². The van der Waals surface area contributed by atoms with E-state index in [0.717, 1.165) is 5.56 Å². The number of aryl methyl sites for hydroxylation is 2. The maximum absolute atomic E-state index is 11.1. The van der Waals surface area contributed by atoms with Gasteiger partial charge in [-0.1, -0.05) is 18.2 Å². The summed E-state index contributed by atoms with van der Waals surface area (Å²) in [5.74, 6) is 0.160. The molecule has 6 heteroatoms. The Morgan fingerprint density at radius 3 is 2.52 bits per heavy atom. The number of aliphatic hydroxyl groups excluding tert-OH is 1. The van der Waals surface area contributed by atoms with Gasteiger partial charge in [0.2, 0.25) is 0 Å². The molecule has 2 aromatic rings. The minimum absolute atomic E-state index is 0.114. The van der Waals surface area contributed by atoms with Crippen molar-refractivity contribution in [3.63, 3.8) is 0 Å². The largest absolute Gasteiger partial charge is 0.483 e. The molecular formula is C17H16N2O4. The van der Waals surface area contributed by atoms with Crippen molar-refractivity contribution in [1.82, 2.24) is 0 Å². The molecule has 0 radical (unpaired) electrons. The van der Waals surface area contributed by atoms with Crippen molar-refractivity contribution in [3.8, 4) is 11.8 Å². The van der Waals surface area contributed by atoms with Gasteiger partial charge in [0, 0.05) is 6.07 Å². The number of ether oxygens (including phenoxy) is 1. The Bertz CT molecular complexity index is 763. The summed E-state index contributed by atoms with van der Waals surface area (Å²) in [7, 11) is 0. The highest BCUT2D eigenvalue weighted by Gasteiger charge is 2.20. The van der Waals surface area contributed by atoms with Gasteiger partial charge in [-0.05, 0) is 42.7 Å². The second kappa shape index (κ2) is 6.90. The third-order valence-electron chi connectivity index (χ3n) is 3.41. The molecule has 0 fully saturated rings. The quantitative estimate of drug-likeness (QED) is 0.675. The zero-order valence-electron chi connectivity index (χ0n) is 12.8. The van der Waals surface area contributed by atoms with E-state index in [-0.39, 0.29) is 18.0 Å². The zero-order chi connectivity index (χ0) is 17.0. The van der Waals surface area contributed by atoms with Crippen LogP contribution in [0.25, 0.3) is 0 Å². The first-order valence-electron chi connectivity index (χ1n) is 6.99. The van der Waals surface area contributed by atoms with Crippen LogP contribution in [0.4, 0.5) is 5.69 Å². The molecule has 118 valence electrons. The molecule has 1 atom stereocenters. The lowest BCUT2D eigenvalue weighted by atomic mass is 10.1. The van der Waals surface area contributed by atoms with Gasteiger partial charge in [-0.3, -0.25) is 10.1 Å². The van der Waals surface area contributed by atoms with E-state index in [1.807, 2.05) is 6.07 Å². The van der Waals surface area contributed by atoms with E-state index in [9.17, 15) is 15.2 Å². The van der Waals surface area contributed by atoms with Crippen molar-refractivity contribution >= 4 is 5.69 Å². The Morgan fingerprint density at radius 1 is 1.30 bits per heavy atom. The monoisotopic (exact) mass is 312 g/mol. The normalized spacial score (nSPS) is 11.6. The van der Waals surface area contributed by atoms with Crippen molar-refractivity contribution in [2.75, 3.05) is 6.61 Å². The Hall–Kier alpha value is -2.91. The molecule has 0 saturated carbocycles. The first kappa shape index (κ1) is 16.5. The van der Waals surface area contributed by atoms with Crippen LogP contribution in [0.5, 0.6) is 5.75 Å². The SMILES string of the molecule is Cc1cc(C)c(OCC(O)c2ccc(C#N)cc2)c([N+](=O)[O-])c1. The molecule has 2 aromatic carbocycles. The highest BCUT2D eigenvalue weighted by Crippen LogP contribution is 2.32. The van der Waals surface area contributed by atoms with Crippen molar-refractivity contribution in [2.24, 2.45) is 0 Å². The van der Waals surface area contributed by atoms with Gasteiger partial charge in [0.1, 0.15) is 12.7 Å². The molecule has 23 heavy (non-hydrogen) atoms. The molecule has 0 aliphatic carbocycles.